The van der Waals surface area contributed by atoms with Crippen LogP contribution in [-0.4, -0.2) is 22.7 Å². The molecule has 0 saturated carbocycles. The number of pyridine rings is 1. The van der Waals surface area contributed by atoms with Crippen LogP contribution in [0.25, 0.3) is 0 Å². The summed E-state index contributed by atoms with van der Waals surface area (Å²) in [6.07, 6.45) is 1.48. The van der Waals surface area contributed by atoms with E-state index in [9.17, 15) is 14.4 Å². The van der Waals surface area contributed by atoms with E-state index in [1.165, 1.54) is 6.20 Å². The maximum atomic E-state index is 12.4. The van der Waals surface area contributed by atoms with Gasteiger partial charge in [0.2, 0.25) is 5.91 Å². The van der Waals surface area contributed by atoms with E-state index in [0.717, 1.165) is 4.90 Å². The molecule has 6 nitrogen and oxygen atoms in total. The zero-order chi connectivity index (χ0) is 16.6. The number of hydrogen-bond acceptors (Lipinski definition) is 4. The van der Waals surface area contributed by atoms with Crippen LogP contribution in [0.15, 0.2) is 42.6 Å². The number of rotatable bonds is 3. The fraction of sp³-hybridized carbons (Fsp3) is 0.176. The minimum absolute atomic E-state index is 0.0947. The first-order valence-corrected chi connectivity index (χ1v) is 7.24. The van der Waals surface area contributed by atoms with Crippen molar-refractivity contribution in [1.82, 2.24) is 4.98 Å². The summed E-state index contributed by atoms with van der Waals surface area (Å²) in [6.45, 7) is 3.60. The van der Waals surface area contributed by atoms with Gasteiger partial charge in [0.25, 0.3) is 11.8 Å². The van der Waals surface area contributed by atoms with Crippen molar-refractivity contribution in [3.8, 4) is 0 Å². The van der Waals surface area contributed by atoms with Gasteiger partial charge in [-0.1, -0.05) is 13.8 Å². The third-order valence-electron chi connectivity index (χ3n) is 3.56. The average molecular weight is 309 g/mol. The highest BCUT2D eigenvalue weighted by atomic mass is 16.2. The minimum Gasteiger partial charge on any atom is -0.326 e. The highest BCUT2D eigenvalue weighted by molar-refractivity contribution is 6.33. The SMILES string of the molecule is CC(C)C(=O)Nc1ccc(N2C(=O)c3cccnc3C2=O)cc1. The van der Waals surface area contributed by atoms with E-state index in [1.54, 1.807) is 50.2 Å². The molecule has 1 N–H and O–H groups in total. The third-order valence-corrected chi connectivity index (χ3v) is 3.56. The minimum atomic E-state index is -0.440. The molecule has 2 heterocycles. The molecule has 3 amide bonds. The molecule has 0 atom stereocenters. The molecule has 1 aromatic carbocycles. The summed E-state index contributed by atoms with van der Waals surface area (Å²) in [5.41, 5.74) is 1.52. The molecule has 0 saturated heterocycles. The van der Waals surface area contributed by atoms with Crippen LogP contribution in [0, 0.1) is 5.92 Å². The van der Waals surface area contributed by atoms with Gasteiger partial charge in [0.15, 0.2) is 0 Å². The summed E-state index contributed by atoms with van der Waals surface area (Å²) in [5.74, 6) is -1.05. The Kier molecular flexibility index (Phi) is 3.65. The number of aromatic nitrogens is 1. The number of anilines is 2. The lowest BCUT2D eigenvalue weighted by Crippen LogP contribution is -2.29. The fourth-order valence-corrected chi connectivity index (χ4v) is 2.28. The highest BCUT2D eigenvalue weighted by Gasteiger charge is 2.37. The molecule has 0 spiro atoms. The number of nitrogens with one attached hydrogen (secondary N) is 1. The Morgan fingerprint density at radius 1 is 1.09 bits per heavy atom. The van der Waals surface area contributed by atoms with Gasteiger partial charge in [-0.3, -0.25) is 19.4 Å². The number of amides is 3. The Bertz CT molecular complexity index is 762. The number of benzene rings is 1. The molecule has 0 aliphatic carbocycles. The van der Waals surface area contributed by atoms with Crippen molar-refractivity contribution in [1.29, 1.82) is 0 Å². The lowest BCUT2D eigenvalue weighted by molar-refractivity contribution is -0.118. The van der Waals surface area contributed by atoms with Gasteiger partial charge in [0.05, 0.1) is 11.3 Å². The standard InChI is InChI=1S/C17H15N3O3/c1-10(2)15(21)19-11-5-7-12(8-6-11)20-16(22)13-4-3-9-18-14(13)17(20)23/h3-10H,1-2H3,(H,19,21). The van der Waals surface area contributed by atoms with Crippen molar-refractivity contribution in [2.75, 3.05) is 10.2 Å². The van der Waals surface area contributed by atoms with Crippen LogP contribution in [-0.2, 0) is 4.79 Å². The van der Waals surface area contributed by atoms with Crippen molar-refractivity contribution in [3.63, 3.8) is 0 Å². The predicted molar refractivity (Wildman–Crippen MR) is 85.3 cm³/mol. The fourth-order valence-electron chi connectivity index (χ4n) is 2.28. The Balaban J connectivity index is 1.85. The number of carbonyl (C=O) groups excluding carboxylic acids is 3. The van der Waals surface area contributed by atoms with E-state index in [0.29, 0.717) is 16.9 Å². The van der Waals surface area contributed by atoms with Gasteiger partial charge in [0, 0.05) is 17.8 Å². The number of fused-ring (bicyclic) bond motifs is 1. The molecule has 0 bridgehead atoms. The third kappa shape index (κ3) is 2.59. The Labute approximate surface area is 133 Å². The molecule has 0 fully saturated rings. The van der Waals surface area contributed by atoms with E-state index in [2.05, 4.69) is 10.3 Å². The smallest absolute Gasteiger partial charge is 0.284 e. The Hall–Kier alpha value is -3.02. The second-order valence-corrected chi connectivity index (χ2v) is 5.54. The van der Waals surface area contributed by atoms with Crippen LogP contribution < -0.4 is 10.2 Å². The van der Waals surface area contributed by atoms with Gasteiger partial charge >= 0.3 is 0 Å². The van der Waals surface area contributed by atoms with E-state index < -0.39 is 11.8 Å². The highest BCUT2D eigenvalue weighted by Crippen LogP contribution is 2.27. The maximum absolute atomic E-state index is 12.4. The molecule has 1 aliphatic rings. The van der Waals surface area contributed by atoms with Crippen molar-refractivity contribution in [3.05, 3.63) is 53.9 Å². The lowest BCUT2D eigenvalue weighted by Gasteiger charge is -2.14. The summed E-state index contributed by atoms with van der Waals surface area (Å²) in [5, 5.41) is 2.76. The van der Waals surface area contributed by atoms with E-state index in [4.69, 9.17) is 0 Å². The van der Waals surface area contributed by atoms with E-state index in [-0.39, 0.29) is 17.5 Å². The molecule has 1 aromatic heterocycles. The van der Waals surface area contributed by atoms with Crippen molar-refractivity contribution in [2.24, 2.45) is 5.92 Å². The van der Waals surface area contributed by atoms with Gasteiger partial charge in [0.1, 0.15) is 5.69 Å². The van der Waals surface area contributed by atoms with Crippen LogP contribution >= 0.6 is 0 Å². The molecule has 116 valence electrons. The average Bonchev–Trinajstić information content (AvgIpc) is 2.80. The molecule has 2 aromatic rings. The summed E-state index contributed by atoms with van der Waals surface area (Å²) in [6, 6.07) is 9.77. The van der Waals surface area contributed by atoms with Gasteiger partial charge < -0.3 is 5.32 Å². The second kappa shape index (κ2) is 5.64. The number of hydrogen-bond donors (Lipinski definition) is 1. The van der Waals surface area contributed by atoms with E-state index in [1.807, 2.05) is 0 Å². The monoisotopic (exact) mass is 309 g/mol. The van der Waals surface area contributed by atoms with Crippen LogP contribution in [0.3, 0.4) is 0 Å². The molecule has 23 heavy (non-hydrogen) atoms. The first-order valence-electron chi connectivity index (χ1n) is 7.24. The normalized spacial score (nSPS) is 13.4. The Morgan fingerprint density at radius 3 is 2.39 bits per heavy atom. The van der Waals surface area contributed by atoms with Crippen molar-refractivity contribution >= 4 is 29.1 Å². The topological polar surface area (TPSA) is 79.4 Å². The second-order valence-electron chi connectivity index (χ2n) is 5.54. The molecular weight excluding hydrogens is 294 g/mol. The predicted octanol–water partition coefficient (Wildman–Crippen LogP) is 2.48. The molecule has 3 rings (SSSR count). The maximum Gasteiger partial charge on any atom is 0.284 e. The molecule has 6 heteroatoms. The quantitative estimate of drug-likeness (QED) is 0.883. The summed E-state index contributed by atoms with van der Waals surface area (Å²) in [4.78, 5) is 41.4. The molecule has 0 unspecified atom stereocenters. The zero-order valence-electron chi connectivity index (χ0n) is 12.7. The van der Waals surface area contributed by atoms with Crippen LogP contribution in [0.2, 0.25) is 0 Å². The number of carbonyl (C=O) groups is 3. The van der Waals surface area contributed by atoms with Crippen LogP contribution in [0.1, 0.15) is 34.7 Å². The summed E-state index contributed by atoms with van der Waals surface area (Å²) >= 11 is 0. The van der Waals surface area contributed by atoms with E-state index >= 15 is 0 Å². The lowest BCUT2D eigenvalue weighted by atomic mass is 10.2. The number of nitrogens with zero attached hydrogens (tertiary/aromatic N) is 2. The van der Waals surface area contributed by atoms with Gasteiger partial charge in [-0.2, -0.15) is 0 Å². The van der Waals surface area contributed by atoms with Gasteiger partial charge in [-0.15, -0.1) is 0 Å². The van der Waals surface area contributed by atoms with Crippen molar-refractivity contribution < 1.29 is 14.4 Å². The first-order chi connectivity index (χ1) is 11.0. The Morgan fingerprint density at radius 2 is 1.78 bits per heavy atom. The van der Waals surface area contributed by atoms with Gasteiger partial charge in [-0.25, -0.2) is 4.90 Å². The number of imide groups is 1. The van der Waals surface area contributed by atoms with Crippen molar-refractivity contribution in [2.45, 2.75) is 13.8 Å². The summed E-state index contributed by atoms with van der Waals surface area (Å²) < 4.78 is 0. The van der Waals surface area contributed by atoms with Gasteiger partial charge in [-0.05, 0) is 36.4 Å². The van der Waals surface area contributed by atoms with Crippen LogP contribution in [0.5, 0.6) is 0 Å². The molecule has 1 aliphatic heterocycles. The molecule has 0 radical (unpaired) electrons. The first kappa shape index (κ1) is 14.9. The summed E-state index contributed by atoms with van der Waals surface area (Å²) in [7, 11) is 0. The largest absolute Gasteiger partial charge is 0.326 e. The zero-order valence-corrected chi connectivity index (χ0v) is 12.7. The van der Waals surface area contributed by atoms with Crippen LogP contribution in [0.4, 0.5) is 11.4 Å². The molecular formula is C17H15N3O3.